The number of fused-ring (bicyclic) bond motifs is 1. The van der Waals surface area contributed by atoms with Crippen LogP contribution in [0.2, 0.25) is 0 Å². The van der Waals surface area contributed by atoms with Crippen LogP contribution in [0.3, 0.4) is 0 Å². The minimum Gasteiger partial charge on any atom is -0.323 e. The number of hydrogen-bond acceptors (Lipinski definition) is 2. The van der Waals surface area contributed by atoms with Gasteiger partial charge in [-0.1, -0.05) is 24.3 Å². The lowest BCUT2D eigenvalue weighted by atomic mass is 9.88. The van der Waals surface area contributed by atoms with Crippen LogP contribution in [0.15, 0.2) is 42.7 Å². The van der Waals surface area contributed by atoms with E-state index in [-0.39, 0.29) is 6.04 Å². The maximum absolute atomic E-state index is 6.48. The summed E-state index contributed by atoms with van der Waals surface area (Å²) in [4.78, 5) is 4.21. The molecule has 0 amide bonds. The highest BCUT2D eigenvalue weighted by atomic mass is 14.7. The third kappa shape index (κ3) is 1.83. The molecule has 2 aromatic rings. The van der Waals surface area contributed by atoms with Gasteiger partial charge >= 0.3 is 0 Å². The van der Waals surface area contributed by atoms with Crippen LogP contribution in [-0.2, 0) is 6.42 Å². The molecule has 0 spiro atoms. The first-order valence-corrected chi connectivity index (χ1v) is 6.51. The zero-order chi connectivity index (χ0) is 12.5. The monoisotopic (exact) mass is 238 g/mol. The van der Waals surface area contributed by atoms with Gasteiger partial charge in [0.15, 0.2) is 0 Å². The van der Waals surface area contributed by atoms with Crippen LogP contribution < -0.4 is 5.73 Å². The Kier molecular flexibility index (Phi) is 2.88. The summed E-state index contributed by atoms with van der Waals surface area (Å²) in [5.41, 5.74) is 11.8. The first kappa shape index (κ1) is 11.4. The van der Waals surface area contributed by atoms with E-state index in [2.05, 4.69) is 36.2 Å². The van der Waals surface area contributed by atoms with E-state index in [1.54, 1.807) is 0 Å². The SMILES string of the molecule is Cc1ccncc1C(N)C1CCc2ccccc21. The van der Waals surface area contributed by atoms with Crippen molar-refractivity contribution in [2.24, 2.45) is 5.73 Å². The second-order valence-electron chi connectivity index (χ2n) is 5.10. The molecule has 1 heterocycles. The number of aryl methyl sites for hydroxylation is 2. The smallest absolute Gasteiger partial charge is 0.0382 e. The molecule has 1 aromatic carbocycles. The van der Waals surface area contributed by atoms with E-state index in [0.717, 1.165) is 12.8 Å². The molecule has 1 aliphatic rings. The average molecular weight is 238 g/mol. The van der Waals surface area contributed by atoms with Crippen molar-refractivity contribution in [3.05, 3.63) is 65.0 Å². The van der Waals surface area contributed by atoms with E-state index < -0.39 is 0 Å². The lowest BCUT2D eigenvalue weighted by Gasteiger charge is -2.22. The number of pyridine rings is 1. The maximum Gasteiger partial charge on any atom is 0.0382 e. The quantitative estimate of drug-likeness (QED) is 0.873. The Labute approximate surface area is 108 Å². The van der Waals surface area contributed by atoms with Crippen molar-refractivity contribution >= 4 is 0 Å². The summed E-state index contributed by atoms with van der Waals surface area (Å²) in [6, 6.07) is 10.8. The summed E-state index contributed by atoms with van der Waals surface area (Å²) in [6.45, 7) is 2.11. The topological polar surface area (TPSA) is 38.9 Å². The molecule has 18 heavy (non-hydrogen) atoms. The van der Waals surface area contributed by atoms with Gasteiger partial charge in [-0.25, -0.2) is 0 Å². The Morgan fingerprint density at radius 2 is 2.11 bits per heavy atom. The van der Waals surface area contributed by atoms with Crippen molar-refractivity contribution in [3.63, 3.8) is 0 Å². The highest BCUT2D eigenvalue weighted by Crippen LogP contribution is 2.40. The summed E-state index contributed by atoms with van der Waals surface area (Å²) < 4.78 is 0. The molecular formula is C16H18N2. The van der Waals surface area contributed by atoms with E-state index in [0.29, 0.717) is 5.92 Å². The minimum atomic E-state index is 0.0577. The van der Waals surface area contributed by atoms with Crippen LogP contribution in [0.25, 0.3) is 0 Å². The molecule has 0 aliphatic heterocycles. The van der Waals surface area contributed by atoms with Gasteiger partial charge in [0, 0.05) is 24.4 Å². The Balaban J connectivity index is 1.96. The summed E-state index contributed by atoms with van der Waals surface area (Å²) >= 11 is 0. The molecule has 0 radical (unpaired) electrons. The van der Waals surface area contributed by atoms with Gasteiger partial charge in [0.2, 0.25) is 0 Å². The maximum atomic E-state index is 6.48. The lowest BCUT2D eigenvalue weighted by molar-refractivity contribution is 0.547. The first-order valence-electron chi connectivity index (χ1n) is 6.51. The van der Waals surface area contributed by atoms with Crippen molar-refractivity contribution in [3.8, 4) is 0 Å². The molecule has 0 saturated carbocycles. The van der Waals surface area contributed by atoms with Crippen LogP contribution in [0.1, 0.15) is 40.6 Å². The summed E-state index contributed by atoms with van der Waals surface area (Å²) in [7, 11) is 0. The zero-order valence-corrected chi connectivity index (χ0v) is 10.6. The van der Waals surface area contributed by atoms with Crippen molar-refractivity contribution in [2.45, 2.75) is 31.7 Å². The fraction of sp³-hybridized carbons (Fsp3) is 0.312. The third-order valence-electron chi connectivity index (χ3n) is 4.05. The summed E-state index contributed by atoms with van der Waals surface area (Å²) in [6.07, 6.45) is 6.04. The fourth-order valence-electron chi connectivity index (χ4n) is 3.01. The summed E-state index contributed by atoms with van der Waals surface area (Å²) in [5.74, 6) is 0.434. The molecule has 2 unspecified atom stereocenters. The van der Waals surface area contributed by atoms with Crippen LogP contribution in [0.4, 0.5) is 0 Å². The Morgan fingerprint density at radius 1 is 1.28 bits per heavy atom. The van der Waals surface area contributed by atoms with E-state index in [1.165, 1.54) is 22.3 Å². The molecule has 0 bridgehead atoms. The van der Waals surface area contributed by atoms with Gasteiger partial charge in [-0.3, -0.25) is 4.98 Å². The van der Waals surface area contributed by atoms with Crippen LogP contribution in [-0.4, -0.2) is 4.98 Å². The predicted octanol–water partition coefficient (Wildman–Crippen LogP) is 3.12. The van der Waals surface area contributed by atoms with Gasteiger partial charge in [-0.2, -0.15) is 0 Å². The number of nitrogens with two attached hydrogens (primary N) is 1. The van der Waals surface area contributed by atoms with E-state index >= 15 is 0 Å². The molecule has 2 heteroatoms. The molecule has 2 N–H and O–H groups in total. The Morgan fingerprint density at radius 3 is 2.94 bits per heavy atom. The standard InChI is InChI=1S/C16H18N2/c1-11-8-9-18-10-15(11)16(17)14-7-6-12-4-2-3-5-13(12)14/h2-5,8-10,14,16H,6-7,17H2,1H3. The van der Waals surface area contributed by atoms with Gasteiger partial charge in [0.1, 0.15) is 0 Å². The van der Waals surface area contributed by atoms with Crippen LogP contribution >= 0.6 is 0 Å². The average Bonchev–Trinajstić information content (AvgIpc) is 2.82. The number of hydrogen-bond donors (Lipinski definition) is 1. The molecule has 92 valence electrons. The number of benzene rings is 1. The second-order valence-corrected chi connectivity index (χ2v) is 5.10. The van der Waals surface area contributed by atoms with Crippen LogP contribution in [0.5, 0.6) is 0 Å². The zero-order valence-electron chi connectivity index (χ0n) is 10.6. The van der Waals surface area contributed by atoms with Crippen molar-refractivity contribution in [1.82, 2.24) is 4.98 Å². The molecule has 0 fully saturated rings. The van der Waals surface area contributed by atoms with E-state index in [9.17, 15) is 0 Å². The van der Waals surface area contributed by atoms with E-state index in [1.807, 2.05) is 18.5 Å². The van der Waals surface area contributed by atoms with Gasteiger partial charge in [-0.05, 0) is 48.1 Å². The van der Waals surface area contributed by atoms with Gasteiger partial charge < -0.3 is 5.73 Å². The highest BCUT2D eigenvalue weighted by molar-refractivity contribution is 5.39. The van der Waals surface area contributed by atoms with Crippen molar-refractivity contribution in [1.29, 1.82) is 0 Å². The molecule has 2 nitrogen and oxygen atoms in total. The van der Waals surface area contributed by atoms with Gasteiger partial charge in [-0.15, -0.1) is 0 Å². The number of nitrogens with zero attached hydrogens (tertiary/aromatic N) is 1. The Hall–Kier alpha value is -1.67. The summed E-state index contributed by atoms with van der Waals surface area (Å²) in [5, 5.41) is 0. The Bertz CT molecular complexity index is 563. The van der Waals surface area contributed by atoms with Gasteiger partial charge in [0.25, 0.3) is 0 Å². The van der Waals surface area contributed by atoms with Crippen molar-refractivity contribution < 1.29 is 0 Å². The fourth-order valence-corrected chi connectivity index (χ4v) is 3.01. The van der Waals surface area contributed by atoms with Gasteiger partial charge in [0.05, 0.1) is 0 Å². The van der Waals surface area contributed by atoms with Crippen LogP contribution in [0, 0.1) is 6.92 Å². The number of rotatable bonds is 2. The molecule has 1 aromatic heterocycles. The number of aromatic nitrogens is 1. The predicted molar refractivity (Wildman–Crippen MR) is 73.4 cm³/mol. The highest BCUT2D eigenvalue weighted by Gasteiger charge is 2.28. The normalized spacial score (nSPS) is 19.6. The third-order valence-corrected chi connectivity index (χ3v) is 4.05. The molecule has 0 saturated heterocycles. The first-order chi connectivity index (χ1) is 8.77. The minimum absolute atomic E-state index is 0.0577. The molecular weight excluding hydrogens is 220 g/mol. The molecule has 1 aliphatic carbocycles. The lowest BCUT2D eigenvalue weighted by Crippen LogP contribution is -2.19. The molecule has 2 atom stereocenters. The molecule has 3 rings (SSSR count). The van der Waals surface area contributed by atoms with Crippen molar-refractivity contribution in [2.75, 3.05) is 0 Å². The van der Waals surface area contributed by atoms with E-state index in [4.69, 9.17) is 5.73 Å². The second kappa shape index (κ2) is 4.54. The largest absolute Gasteiger partial charge is 0.323 e.